The molecule has 0 saturated carbocycles. The van der Waals surface area contributed by atoms with E-state index in [-0.39, 0.29) is 5.84 Å². The van der Waals surface area contributed by atoms with Crippen LogP contribution >= 0.6 is 0 Å². The van der Waals surface area contributed by atoms with Crippen LogP contribution in [0.3, 0.4) is 0 Å². The van der Waals surface area contributed by atoms with Crippen LogP contribution in [-0.2, 0) is 6.54 Å². The van der Waals surface area contributed by atoms with Crippen LogP contribution in [0.5, 0.6) is 0 Å². The Hall–Kier alpha value is -2.50. The van der Waals surface area contributed by atoms with Gasteiger partial charge in [-0.3, -0.25) is 10.4 Å². The minimum absolute atomic E-state index is 0.0503. The van der Waals surface area contributed by atoms with E-state index in [1.165, 1.54) is 0 Å². The van der Waals surface area contributed by atoms with Gasteiger partial charge in [0, 0.05) is 18.4 Å². The molecule has 20 heavy (non-hydrogen) atoms. The number of pyridine rings is 1. The lowest BCUT2D eigenvalue weighted by Gasteiger charge is -2.21. The Kier molecular flexibility index (Phi) is 4.24. The highest BCUT2D eigenvalue weighted by atomic mass is 15.3. The van der Waals surface area contributed by atoms with E-state index in [1.807, 2.05) is 36.9 Å². The summed E-state index contributed by atoms with van der Waals surface area (Å²) in [4.78, 5) is 15.1. The van der Waals surface area contributed by atoms with Gasteiger partial charge in [0.15, 0.2) is 0 Å². The van der Waals surface area contributed by atoms with E-state index in [1.54, 1.807) is 12.3 Å². The van der Waals surface area contributed by atoms with Crippen LogP contribution in [0.15, 0.2) is 30.5 Å². The molecule has 2 rings (SSSR count). The molecule has 2 aromatic heterocycles. The molecule has 104 valence electrons. The highest BCUT2D eigenvalue weighted by Crippen LogP contribution is 2.12. The van der Waals surface area contributed by atoms with Crippen molar-refractivity contribution < 1.29 is 0 Å². The lowest BCUT2D eigenvalue weighted by Crippen LogP contribution is -2.26. The molecule has 2 aromatic rings. The molecule has 0 unspecified atom stereocenters. The minimum Gasteiger partial charge on any atom is -0.382 e. The second-order valence-electron chi connectivity index (χ2n) is 4.44. The number of hydrogen-bond donors (Lipinski definition) is 2. The zero-order chi connectivity index (χ0) is 14.5. The summed E-state index contributed by atoms with van der Waals surface area (Å²) in [5.41, 5.74) is 7.70. The Balaban J connectivity index is 2.29. The summed E-state index contributed by atoms with van der Waals surface area (Å²) in [7, 11) is 0. The number of amidine groups is 1. The van der Waals surface area contributed by atoms with E-state index >= 15 is 0 Å². The van der Waals surface area contributed by atoms with Crippen LogP contribution in [0.25, 0.3) is 0 Å². The third kappa shape index (κ3) is 3.28. The van der Waals surface area contributed by atoms with Crippen LogP contribution in [0, 0.1) is 12.3 Å². The number of nitrogens with one attached hydrogen (secondary N) is 1. The molecular weight excluding hydrogens is 252 g/mol. The Morgan fingerprint density at radius 1 is 1.35 bits per heavy atom. The molecule has 0 amide bonds. The summed E-state index contributed by atoms with van der Waals surface area (Å²) in [5.74, 6) is 0.522. The van der Waals surface area contributed by atoms with Crippen molar-refractivity contribution >= 4 is 11.8 Å². The van der Waals surface area contributed by atoms with Gasteiger partial charge in [-0.05, 0) is 32.0 Å². The van der Waals surface area contributed by atoms with Crippen molar-refractivity contribution in [1.29, 1.82) is 5.41 Å². The van der Waals surface area contributed by atoms with Crippen molar-refractivity contribution in [3.63, 3.8) is 0 Å². The van der Waals surface area contributed by atoms with Crippen molar-refractivity contribution in [1.82, 2.24) is 15.0 Å². The fraction of sp³-hybridized carbons (Fsp3) is 0.286. The van der Waals surface area contributed by atoms with Gasteiger partial charge in [-0.25, -0.2) is 9.97 Å². The Morgan fingerprint density at radius 2 is 2.15 bits per heavy atom. The second-order valence-corrected chi connectivity index (χ2v) is 4.44. The number of aromatic nitrogens is 3. The van der Waals surface area contributed by atoms with Crippen molar-refractivity contribution in [3.05, 3.63) is 47.5 Å². The molecule has 0 aliphatic rings. The highest BCUT2D eigenvalue weighted by molar-refractivity contribution is 5.93. The topological polar surface area (TPSA) is 91.8 Å². The summed E-state index contributed by atoms with van der Waals surface area (Å²) in [6, 6.07) is 7.51. The van der Waals surface area contributed by atoms with Crippen LogP contribution < -0.4 is 10.6 Å². The van der Waals surface area contributed by atoms with E-state index in [9.17, 15) is 0 Å². The zero-order valence-corrected chi connectivity index (χ0v) is 11.7. The number of aryl methyl sites for hydroxylation is 1. The Bertz CT molecular complexity index is 596. The van der Waals surface area contributed by atoms with Crippen molar-refractivity contribution in [2.24, 2.45) is 5.73 Å². The molecular formula is C14H18N6. The van der Waals surface area contributed by atoms with Crippen LogP contribution in [0.4, 0.5) is 5.95 Å². The van der Waals surface area contributed by atoms with E-state index in [4.69, 9.17) is 11.1 Å². The molecule has 0 aromatic carbocycles. The fourth-order valence-corrected chi connectivity index (χ4v) is 1.84. The van der Waals surface area contributed by atoms with Crippen LogP contribution in [-0.4, -0.2) is 27.3 Å². The number of hydrogen-bond acceptors (Lipinski definition) is 5. The number of nitrogens with zero attached hydrogens (tertiary/aromatic N) is 4. The third-order valence-electron chi connectivity index (χ3n) is 2.86. The standard InChI is InChI=1S/C14H18N6/c1-3-20(9-11-6-4-5-7-17-11)14-18-10(2)8-12(19-14)13(15)16/h4-8H,3,9H2,1-2H3,(H3,15,16). The maximum absolute atomic E-state index is 7.50. The summed E-state index contributed by atoms with van der Waals surface area (Å²) >= 11 is 0. The predicted octanol–water partition coefficient (Wildman–Crippen LogP) is 1.49. The Morgan fingerprint density at radius 3 is 2.75 bits per heavy atom. The van der Waals surface area contributed by atoms with Gasteiger partial charge in [-0.1, -0.05) is 6.07 Å². The monoisotopic (exact) mass is 270 g/mol. The van der Waals surface area contributed by atoms with Gasteiger partial charge in [0.25, 0.3) is 0 Å². The molecule has 0 bridgehead atoms. The van der Waals surface area contributed by atoms with Gasteiger partial charge in [0.1, 0.15) is 11.5 Å². The minimum atomic E-state index is -0.0503. The molecule has 0 radical (unpaired) electrons. The maximum Gasteiger partial charge on any atom is 0.226 e. The molecule has 0 atom stereocenters. The fourth-order valence-electron chi connectivity index (χ4n) is 1.84. The van der Waals surface area contributed by atoms with Crippen molar-refractivity contribution in [2.45, 2.75) is 20.4 Å². The number of nitrogen functional groups attached to an aromatic ring is 1. The predicted molar refractivity (Wildman–Crippen MR) is 78.7 cm³/mol. The van der Waals surface area contributed by atoms with Crippen molar-refractivity contribution in [2.75, 3.05) is 11.4 Å². The lowest BCUT2D eigenvalue weighted by atomic mass is 10.3. The molecule has 0 saturated heterocycles. The van der Waals surface area contributed by atoms with Crippen LogP contribution in [0.1, 0.15) is 24.0 Å². The quantitative estimate of drug-likeness (QED) is 0.634. The number of nitrogens with two attached hydrogens (primary N) is 1. The number of anilines is 1. The average Bonchev–Trinajstić information content (AvgIpc) is 2.45. The van der Waals surface area contributed by atoms with Gasteiger partial charge in [0.2, 0.25) is 5.95 Å². The largest absolute Gasteiger partial charge is 0.382 e. The average molecular weight is 270 g/mol. The molecule has 2 heterocycles. The summed E-state index contributed by atoms with van der Waals surface area (Å²) < 4.78 is 0. The first kappa shape index (κ1) is 13.9. The molecule has 0 fully saturated rings. The molecule has 6 heteroatoms. The molecule has 6 nitrogen and oxygen atoms in total. The molecule has 0 aliphatic carbocycles. The van der Waals surface area contributed by atoms with E-state index in [0.29, 0.717) is 18.2 Å². The first-order chi connectivity index (χ1) is 9.60. The zero-order valence-electron chi connectivity index (χ0n) is 11.7. The van der Waals surface area contributed by atoms with Gasteiger partial charge >= 0.3 is 0 Å². The lowest BCUT2D eigenvalue weighted by molar-refractivity contribution is 0.770. The summed E-state index contributed by atoms with van der Waals surface area (Å²) in [5, 5.41) is 7.50. The van der Waals surface area contributed by atoms with Gasteiger partial charge < -0.3 is 10.6 Å². The number of rotatable bonds is 5. The SMILES string of the molecule is CCN(Cc1ccccn1)c1nc(C)cc(C(=N)N)n1. The highest BCUT2D eigenvalue weighted by Gasteiger charge is 2.12. The first-order valence-corrected chi connectivity index (χ1v) is 6.45. The normalized spacial score (nSPS) is 10.3. The van der Waals surface area contributed by atoms with Crippen LogP contribution in [0.2, 0.25) is 0 Å². The Labute approximate surface area is 118 Å². The summed E-state index contributed by atoms with van der Waals surface area (Å²) in [6.07, 6.45) is 1.77. The maximum atomic E-state index is 7.50. The second kappa shape index (κ2) is 6.10. The van der Waals surface area contributed by atoms with E-state index < -0.39 is 0 Å². The third-order valence-corrected chi connectivity index (χ3v) is 2.86. The van der Waals surface area contributed by atoms with E-state index in [2.05, 4.69) is 15.0 Å². The van der Waals surface area contributed by atoms with E-state index in [0.717, 1.165) is 17.9 Å². The van der Waals surface area contributed by atoms with Crippen molar-refractivity contribution in [3.8, 4) is 0 Å². The molecule has 0 spiro atoms. The molecule has 0 aliphatic heterocycles. The smallest absolute Gasteiger partial charge is 0.226 e. The molecule has 3 N–H and O–H groups in total. The van der Waals surface area contributed by atoms with Gasteiger partial charge in [-0.15, -0.1) is 0 Å². The van der Waals surface area contributed by atoms with Gasteiger partial charge in [0.05, 0.1) is 12.2 Å². The summed E-state index contributed by atoms with van der Waals surface area (Å²) in [6.45, 7) is 5.27. The first-order valence-electron chi connectivity index (χ1n) is 6.45. The van der Waals surface area contributed by atoms with Gasteiger partial charge in [-0.2, -0.15) is 0 Å².